The lowest BCUT2D eigenvalue weighted by Gasteiger charge is -2.25. The van der Waals surface area contributed by atoms with Crippen LogP contribution in [0.5, 0.6) is 0 Å². The molecule has 0 unspecified atom stereocenters. The van der Waals surface area contributed by atoms with Crippen molar-refractivity contribution in [2.75, 3.05) is 26.4 Å². The maximum Gasteiger partial charge on any atom is 0.529 e. The standard InChI is InChI=1S/C18H30O4Si/c1-4-20-23(21-5-2,22-6-3)16-12-8-11-15-19-17-18-13-9-7-10-14-18/h7,9-10,12-14,16H,4-6,8,11,15,17H2,1-3H3/b16-12+. The third-order valence-electron chi connectivity index (χ3n) is 3.13. The summed E-state index contributed by atoms with van der Waals surface area (Å²) in [7, 11) is -2.64. The molecule has 0 atom stereocenters. The molecule has 0 saturated heterocycles. The Balaban J connectivity index is 2.28. The van der Waals surface area contributed by atoms with Crippen LogP contribution in [0, 0.1) is 0 Å². The summed E-state index contributed by atoms with van der Waals surface area (Å²) in [6.45, 7) is 9.08. The summed E-state index contributed by atoms with van der Waals surface area (Å²) in [5, 5.41) is 0. The summed E-state index contributed by atoms with van der Waals surface area (Å²) in [6, 6.07) is 10.2. The Hall–Kier alpha value is -0.983. The maximum atomic E-state index is 5.77. The monoisotopic (exact) mass is 338 g/mol. The van der Waals surface area contributed by atoms with E-state index < -0.39 is 8.80 Å². The molecule has 0 saturated carbocycles. The molecule has 4 nitrogen and oxygen atoms in total. The van der Waals surface area contributed by atoms with E-state index in [1.165, 1.54) is 5.56 Å². The van der Waals surface area contributed by atoms with Gasteiger partial charge < -0.3 is 18.0 Å². The number of rotatable bonds is 13. The van der Waals surface area contributed by atoms with Crippen LogP contribution in [0.25, 0.3) is 0 Å². The average molecular weight is 339 g/mol. The predicted octanol–water partition coefficient (Wildman–Crippen LogP) is 4.13. The molecule has 0 aromatic heterocycles. The maximum absolute atomic E-state index is 5.77. The molecule has 0 bridgehead atoms. The van der Waals surface area contributed by atoms with E-state index in [1.807, 2.05) is 44.7 Å². The van der Waals surface area contributed by atoms with E-state index in [9.17, 15) is 0 Å². The van der Waals surface area contributed by atoms with E-state index in [4.69, 9.17) is 18.0 Å². The Labute approximate surface area is 141 Å². The SMILES string of the molecule is CCO[Si](/C=C/CCCOCc1ccccc1)(OCC)OCC. The van der Waals surface area contributed by atoms with Gasteiger partial charge in [0.15, 0.2) is 0 Å². The van der Waals surface area contributed by atoms with Gasteiger partial charge in [-0.1, -0.05) is 36.4 Å². The molecule has 0 aliphatic rings. The normalized spacial score (nSPS) is 12.1. The minimum atomic E-state index is -2.64. The van der Waals surface area contributed by atoms with Crippen LogP contribution >= 0.6 is 0 Å². The van der Waals surface area contributed by atoms with Crippen molar-refractivity contribution in [3.8, 4) is 0 Å². The third-order valence-corrected chi connectivity index (χ3v) is 5.85. The minimum Gasteiger partial charge on any atom is -0.377 e. The number of hydrogen-bond acceptors (Lipinski definition) is 4. The molecule has 0 amide bonds. The van der Waals surface area contributed by atoms with Gasteiger partial charge in [-0.2, -0.15) is 0 Å². The van der Waals surface area contributed by atoms with Gasteiger partial charge in [0.1, 0.15) is 0 Å². The molecule has 1 aromatic carbocycles. The summed E-state index contributed by atoms with van der Waals surface area (Å²) in [6.07, 6.45) is 3.99. The number of benzene rings is 1. The Morgan fingerprint density at radius 2 is 1.52 bits per heavy atom. The van der Waals surface area contributed by atoms with E-state index in [1.54, 1.807) is 0 Å². The first-order chi connectivity index (χ1) is 11.3. The number of ether oxygens (including phenoxy) is 1. The lowest BCUT2D eigenvalue weighted by atomic mass is 10.2. The van der Waals surface area contributed by atoms with Gasteiger partial charge >= 0.3 is 8.80 Å². The Morgan fingerprint density at radius 1 is 0.913 bits per heavy atom. The van der Waals surface area contributed by atoms with Gasteiger partial charge in [-0.15, -0.1) is 0 Å². The fourth-order valence-electron chi connectivity index (χ4n) is 2.17. The van der Waals surface area contributed by atoms with E-state index in [0.717, 1.165) is 19.4 Å². The second-order valence-corrected chi connectivity index (χ2v) is 7.39. The number of hydrogen-bond donors (Lipinski definition) is 0. The van der Waals surface area contributed by atoms with Gasteiger partial charge in [-0.25, -0.2) is 0 Å². The quantitative estimate of drug-likeness (QED) is 0.400. The predicted molar refractivity (Wildman–Crippen MR) is 95.1 cm³/mol. The molecule has 23 heavy (non-hydrogen) atoms. The van der Waals surface area contributed by atoms with E-state index in [-0.39, 0.29) is 0 Å². The van der Waals surface area contributed by atoms with Gasteiger partial charge in [-0.3, -0.25) is 0 Å². The third kappa shape index (κ3) is 8.44. The molecule has 0 fully saturated rings. The Morgan fingerprint density at radius 3 is 2.09 bits per heavy atom. The largest absolute Gasteiger partial charge is 0.529 e. The van der Waals surface area contributed by atoms with Crippen molar-refractivity contribution < 1.29 is 18.0 Å². The number of unbranched alkanes of at least 4 members (excludes halogenated alkanes) is 1. The van der Waals surface area contributed by atoms with E-state index >= 15 is 0 Å². The summed E-state index contributed by atoms with van der Waals surface area (Å²) in [4.78, 5) is 0. The van der Waals surface area contributed by atoms with Gasteiger partial charge in [0.25, 0.3) is 0 Å². The van der Waals surface area contributed by atoms with Crippen LogP contribution in [0.3, 0.4) is 0 Å². The summed E-state index contributed by atoms with van der Waals surface area (Å²) in [5.41, 5.74) is 3.21. The fourth-order valence-corrected chi connectivity index (χ4v) is 4.37. The van der Waals surface area contributed by atoms with Gasteiger partial charge in [-0.05, 0) is 44.9 Å². The Kier molecular flexibility index (Phi) is 10.9. The first-order valence-corrected chi connectivity index (χ1v) is 10.3. The van der Waals surface area contributed by atoms with Crippen LogP contribution in [0.1, 0.15) is 39.2 Å². The molecule has 0 aliphatic heterocycles. The summed E-state index contributed by atoms with van der Waals surface area (Å²) in [5.74, 6) is 0. The van der Waals surface area contributed by atoms with Crippen LogP contribution in [0.2, 0.25) is 0 Å². The molecule has 1 rings (SSSR count). The van der Waals surface area contributed by atoms with Crippen molar-refractivity contribution in [1.82, 2.24) is 0 Å². The molecular weight excluding hydrogens is 308 g/mol. The number of allylic oxidation sites excluding steroid dienone is 1. The second-order valence-electron chi connectivity index (χ2n) is 4.99. The molecule has 0 spiro atoms. The van der Waals surface area contributed by atoms with Crippen molar-refractivity contribution in [3.05, 3.63) is 47.7 Å². The fraction of sp³-hybridized carbons (Fsp3) is 0.556. The molecule has 0 N–H and O–H groups in total. The first kappa shape index (κ1) is 20.1. The van der Waals surface area contributed by atoms with Crippen LogP contribution in [-0.4, -0.2) is 35.2 Å². The summed E-state index contributed by atoms with van der Waals surface area (Å²) < 4.78 is 23.0. The van der Waals surface area contributed by atoms with E-state index in [0.29, 0.717) is 26.4 Å². The average Bonchev–Trinajstić information content (AvgIpc) is 2.56. The van der Waals surface area contributed by atoms with Gasteiger partial charge in [0.2, 0.25) is 0 Å². The molecule has 0 heterocycles. The minimum absolute atomic E-state index is 0.594. The van der Waals surface area contributed by atoms with Crippen molar-refractivity contribution in [3.63, 3.8) is 0 Å². The molecular formula is C18H30O4Si. The van der Waals surface area contributed by atoms with Crippen molar-refractivity contribution in [2.24, 2.45) is 0 Å². The molecule has 5 heteroatoms. The van der Waals surface area contributed by atoms with Crippen LogP contribution in [0.4, 0.5) is 0 Å². The molecule has 0 radical (unpaired) electrons. The van der Waals surface area contributed by atoms with Gasteiger partial charge in [0.05, 0.1) is 6.61 Å². The van der Waals surface area contributed by atoms with Crippen molar-refractivity contribution in [1.29, 1.82) is 0 Å². The zero-order chi connectivity index (χ0) is 16.8. The zero-order valence-corrected chi connectivity index (χ0v) is 15.6. The zero-order valence-electron chi connectivity index (χ0n) is 14.6. The van der Waals surface area contributed by atoms with Crippen LogP contribution < -0.4 is 0 Å². The first-order valence-electron chi connectivity index (χ1n) is 8.47. The second kappa shape index (κ2) is 12.4. The summed E-state index contributed by atoms with van der Waals surface area (Å²) >= 11 is 0. The highest BCUT2D eigenvalue weighted by molar-refractivity contribution is 6.66. The Bertz CT molecular complexity index is 405. The lowest BCUT2D eigenvalue weighted by Crippen LogP contribution is -2.44. The van der Waals surface area contributed by atoms with Crippen LogP contribution in [-0.2, 0) is 24.6 Å². The smallest absolute Gasteiger partial charge is 0.377 e. The molecule has 130 valence electrons. The van der Waals surface area contributed by atoms with E-state index in [2.05, 4.69) is 18.2 Å². The lowest BCUT2D eigenvalue weighted by molar-refractivity contribution is 0.0841. The molecule has 0 aliphatic carbocycles. The van der Waals surface area contributed by atoms with Gasteiger partial charge in [0, 0.05) is 26.4 Å². The highest BCUT2D eigenvalue weighted by Crippen LogP contribution is 2.13. The van der Waals surface area contributed by atoms with Crippen molar-refractivity contribution in [2.45, 2.75) is 40.2 Å². The van der Waals surface area contributed by atoms with Crippen LogP contribution in [0.15, 0.2) is 42.1 Å². The highest BCUT2D eigenvalue weighted by Gasteiger charge is 2.37. The van der Waals surface area contributed by atoms with Crippen molar-refractivity contribution >= 4 is 8.80 Å². The highest BCUT2D eigenvalue weighted by atomic mass is 28.4. The topological polar surface area (TPSA) is 36.9 Å². The molecule has 1 aromatic rings.